The quantitative estimate of drug-likeness (QED) is 0.694. The number of amides is 1. The molecule has 2 aliphatic heterocycles. The molecule has 1 amide bonds. The largest absolute Gasteiger partial charge is 0.493 e. The number of carbonyl (C=O) groups is 1. The average Bonchev–Trinajstić information content (AvgIpc) is 3.40. The molecular weight excluding hydrogens is 382 g/mol. The molecule has 3 aromatic rings. The van der Waals surface area contributed by atoms with Crippen LogP contribution in [0.2, 0.25) is 0 Å². The highest BCUT2D eigenvalue weighted by Gasteiger charge is 2.36. The van der Waals surface area contributed by atoms with Crippen molar-refractivity contribution in [1.82, 2.24) is 15.2 Å². The van der Waals surface area contributed by atoms with E-state index in [4.69, 9.17) is 9.72 Å². The Labute approximate surface area is 174 Å². The summed E-state index contributed by atoms with van der Waals surface area (Å²) in [6, 6.07) is 16.3. The van der Waals surface area contributed by atoms with Crippen LogP contribution in [0.1, 0.15) is 48.8 Å². The van der Waals surface area contributed by atoms with E-state index < -0.39 is 0 Å². The minimum atomic E-state index is -0.190. The molecule has 0 aliphatic carbocycles. The Kier molecular flexibility index (Phi) is 4.97. The van der Waals surface area contributed by atoms with Gasteiger partial charge in [-0.25, -0.2) is 4.98 Å². The number of aromatic nitrogens is 1. The number of likely N-dealkylation sites (tertiary alicyclic amines) is 1. The Morgan fingerprint density at radius 3 is 2.93 bits per heavy atom. The summed E-state index contributed by atoms with van der Waals surface area (Å²) in [6.07, 6.45) is 2.95. The summed E-state index contributed by atoms with van der Waals surface area (Å²) in [5.41, 5.74) is 2.12. The van der Waals surface area contributed by atoms with Gasteiger partial charge < -0.3 is 10.1 Å². The van der Waals surface area contributed by atoms with Gasteiger partial charge in [0.15, 0.2) is 0 Å². The van der Waals surface area contributed by atoms with Crippen molar-refractivity contribution >= 4 is 27.5 Å². The van der Waals surface area contributed by atoms with E-state index in [1.54, 1.807) is 11.3 Å². The number of benzene rings is 2. The highest BCUT2D eigenvalue weighted by Crippen LogP contribution is 2.38. The fraction of sp³-hybridized carbons (Fsp3) is 0.391. The van der Waals surface area contributed by atoms with Crippen molar-refractivity contribution in [2.24, 2.45) is 0 Å². The van der Waals surface area contributed by atoms with E-state index in [0.29, 0.717) is 6.61 Å². The lowest BCUT2D eigenvalue weighted by molar-refractivity contribution is -0.127. The van der Waals surface area contributed by atoms with E-state index in [0.717, 1.165) is 47.6 Å². The van der Waals surface area contributed by atoms with E-state index in [2.05, 4.69) is 28.4 Å². The van der Waals surface area contributed by atoms with E-state index in [1.165, 1.54) is 4.70 Å². The first-order valence-electron chi connectivity index (χ1n) is 10.3. The molecule has 0 spiro atoms. The Morgan fingerprint density at radius 1 is 1.21 bits per heavy atom. The van der Waals surface area contributed by atoms with Crippen LogP contribution < -0.4 is 10.1 Å². The summed E-state index contributed by atoms with van der Waals surface area (Å²) in [6.45, 7) is 3.58. The van der Waals surface area contributed by atoms with Crippen LogP contribution in [0, 0.1) is 0 Å². The predicted molar refractivity (Wildman–Crippen MR) is 115 cm³/mol. The van der Waals surface area contributed by atoms with Crippen molar-refractivity contribution in [2.75, 3.05) is 13.2 Å². The smallest absolute Gasteiger partial charge is 0.237 e. The van der Waals surface area contributed by atoms with Gasteiger partial charge >= 0.3 is 0 Å². The number of thiazole rings is 1. The molecule has 150 valence electrons. The summed E-state index contributed by atoms with van der Waals surface area (Å²) < 4.78 is 6.94. The summed E-state index contributed by atoms with van der Waals surface area (Å²) in [7, 11) is 0. The Balaban J connectivity index is 1.33. The van der Waals surface area contributed by atoms with E-state index >= 15 is 0 Å². The molecule has 2 aliphatic rings. The fourth-order valence-electron chi connectivity index (χ4n) is 4.49. The third kappa shape index (κ3) is 3.51. The molecule has 29 heavy (non-hydrogen) atoms. The highest BCUT2D eigenvalue weighted by molar-refractivity contribution is 7.18. The number of nitrogens with one attached hydrogen (secondary N) is 1. The number of rotatable bonds is 4. The Morgan fingerprint density at radius 2 is 2.03 bits per heavy atom. The third-order valence-corrected chi connectivity index (χ3v) is 7.18. The molecule has 5 nitrogen and oxygen atoms in total. The zero-order chi connectivity index (χ0) is 19.8. The maximum atomic E-state index is 13.1. The molecule has 1 saturated heterocycles. The topological polar surface area (TPSA) is 54.5 Å². The van der Waals surface area contributed by atoms with E-state index in [9.17, 15) is 4.79 Å². The molecule has 6 heteroatoms. The number of carbonyl (C=O) groups excluding carboxylic acids is 1. The van der Waals surface area contributed by atoms with Gasteiger partial charge in [0.05, 0.1) is 34.9 Å². The van der Waals surface area contributed by atoms with Crippen LogP contribution in [0.5, 0.6) is 5.75 Å². The summed E-state index contributed by atoms with van der Waals surface area (Å²) >= 11 is 1.75. The van der Waals surface area contributed by atoms with Gasteiger partial charge in [0.25, 0.3) is 0 Å². The molecule has 5 rings (SSSR count). The number of hydrogen-bond donors (Lipinski definition) is 1. The van der Waals surface area contributed by atoms with Crippen molar-refractivity contribution in [1.29, 1.82) is 0 Å². The van der Waals surface area contributed by atoms with E-state index in [-0.39, 0.29) is 24.0 Å². The van der Waals surface area contributed by atoms with Gasteiger partial charge in [0.2, 0.25) is 5.91 Å². The fourth-order valence-corrected chi connectivity index (χ4v) is 5.61. The van der Waals surface area contributed by atoms with Crippen molar-refractivity contribution < 1.29 is 9.53 Å². The van der Waals surface area contributed by atoms with Crippen LogP contribution in [0.25, 0.3) is 10.2 Å². The SMILES string of the molecule is CC(C(=O)NC1CCOc2ccccc21)N1CCCC1c1nc2ccccc2s1. The molecule has 3 heterocycles. The van der Waals surface area contributed by atoms with Crippen LogP contribution in [0.15, 0.2) is 48.5 Å². The molecule has 3 atom stereocenters. The lowest BCUT2D eigenvalue weighted by Crippen LogP contribution is -2.46. The van der Waals surface area contributed by atoms with Crippen LogP contribution in [-0.4, -0.2) is 35.0 Å². The molecule has 0 bridgehead atoms. The molecule has 1 aromatic heterocycles. The number of fused-ring (bicyclic) bond motifs is 2. The lowest BCUT2D eigenvalue weighted by atomic mass is 10.00. The van der Waals surface area contributed by atoms with Gasteiger partial charge in [-0.3, -0.25) is 9.69 Å². The van der Waals surface area contributed by atoms with Crippen LogP contribution in [0.3, 0.4) is 0 Å². The molecule has 3 unspecified atom stereocenters. The van der Waals surface area contributed by atoms with Crippen LogP contribution in [0.4, 0.5) is 0 Å². The second-order valence-electron chi connectivity index (χ2n) is 7.83. The number of ether oxygens (including phenoxy) is 1. The zero-order valence-corrected chi connectivity index (χ0v) is 17.3. The van der Waals surface area contributed by atoms with Gasteiger partial charge in [0, 0.05) is 12.0 Å². The lowest BCUT2D eigenvalue weighted by Gasteiger charge is -2.32. The molecule has 2 aromatic carbocycles. The molecule has 0 saturated carbocycles. The number of hydrogen-bond acceptors (Lipinski definition) is 5. The van der Waals surface area contributed by atoms with E-state index in [1.807, 2.05) is 37.3 Å². The van der Waals surface area contributed by atoms with Crippen LogP contribution in [-0.2, 0) is 4.79 Å². The second kappa shape index (κ2) is 7.76. The molecule has 0 radical (unpaired) electrons. The Hall–Kier alpha value is -2.44. The van der Waals surface area contributed by atoms with Crippen molar-refractivity contribution in [2.45, 2.75) is 44.3 Å². The maximum absolute atomic E-state index is 13.1. The molecule has 1 fully saturated rings. The first-order chi connectivity index (χ1) is 14.2. The predicted octanol–water partition coefficient (Wildman–Crippen LogP) is 4.46. The molecular formula is C23H25N3O2S. The highest BCUT2D eigenvalue weighted by atomic mass is 32.1. The number of para-hydroxylation sites is 2. The van der Waals surface area contributed by atoms with Gasteiger partial charge in [0.1, 0.15) is 10.8 Å². The van der Waals surface area contributed by atoms with Gasteiger partial charge in [-0.1, -0.05) is 30.3 Å². The first kappa shape index (κ1) is 18.6. The van der Waals surface area contributed by atoms with Crippen molar-refractivity contribution in [3.05, 3.63) is 59.1 Å². The summed E-state index contributed by atoms with van der Waals surface area (Å²) in [5.74, 6) is 0.963. The monoisotopic (exact) mass is 407 g/mol. The first-order valence-corrected chi connectivity index (χ1v) is 11.2. The zero-order valence-electron chi connectivity index (χ0n) is 16.5. The Bertz CT molecular complexity index is 1000. The average molecular weight is 408 g/mol. The van der Waals surface area contributed by atoms with Crippen molar-refractivity contribution in [3.63, 3.8) is 0 Å². The molecule has 1 N–H and O–H groups in total. The van der Waals surface area contributed by atoms with Crippen LogP contribution >= 0.6 is 11.3 Å². The van der Waals surface area contributed by atoms with Gasteiger partial charge in [-0.05, 0) is 44.5 Å². The standard InChI is InChI=1S/C23H25N3O2S/c1-15(22(27)24-17-12-14-28-20-10-4-2-7-16(17)20)26-13-6-9-19(26)23-25-18-8-3-5-11-21(18)29-23/h2-5,7-8,10-11,15,17,19H,6,9,12-14H2,1H3,(H,24,27). The third-order valence-electron chi connectivity index (χ3n) is 6.04. The minimum absolute atomic E-state index is 0.0124. The second-order valence-corrected chi connectivity index (χ2v) is 8.89. The van der Waals surface area contributed by atoms with Crippen molar-refractivity contribution in [3.8, 4) is 5.75 Å². The normalized spacial score (nSPS) is 22.8. The van der Waals surface area contributed by atoms with Gasteiger partial charge in [-0.15, -0.1) is 11.3 Å². The summed E-state index contributed by atoms with van der Waals surface area (Å²) in [4.78, 5) is 20.3. The minimum Gasteiger partial charge on any atom is -0.493 e. The van der Waals surface area contributed by atoms with Gasteiger partial charge in [-0.2, -0.15) is 0 Å². The summed E-state index contributed by atoms with van der Waals surface area (Å²) in [5, 5.41) is 4.40. The maximum Gasteiger partial charge on any atom is 0.237 e. The number of nitrogens with zero attached hydrogens (tertiary/aromatic N) is 2.